The molecule has 0 aromatic carbocycles. The highest BCUT2D eigenvalue weighted by molar-refractivity contribution is 7.75. The largest absolute Gasteiger partial charge is 0.395 e. The van der Waals surface area contributed by atoms with Gasteiger partial charge in [0.1, 0.15) is 0 Å². The van der Waals surface area contributed by atoms with E-state index in [1.807, 2.05) is 0 Å². The fourth-order valence-corrected chi connectivity index (χ4v) is 1.36. The first-order chi connectivity index (χ1) is 7.72. The zero-order valence-corrected chi connectivity index (χ0v) is 12.0. The van der Waals surface area contributed by atoms with Gasteiger partial charge in [-0.1, -0.05) is 65.7 Å². The minimum atomic E-state index is -0.211. The predicted octanol–water partition coefficient (Wildman–Crippen LogP) is 4.93. The Morgan fingerprint density at radius 2 is 1.38 bits per heavy atom. The minimum Gasteiger partial charge on any atom is -0.395 e. The molecule has 0 saturated heterocycles. The van der Waals surface area contributed by atoms with Crippen molar-refractivity contribution in [2.75, 3.05) is 0 Å². The molecule has 0 spiro atoms. The third-order valence-corrected chi connectivity index (χ3v) is 2.29. The van der Waals surface area contributed by atoms with Crippen molar-refractivity contribution in [3.05, 3.63) is 0 Å². The second kappa shape index (κ2) is 17.2. The van der Waals surface area contributed by atoms with Crippen molar-refractivity contribution < 1.29 is 8.98 Å². The first-order valence-corrected chi connectivity index (χ1v) is 6.93. The van der Waals surface area contributed by atoms with Crippen molar-refractivity contribution in [2.24, 2.45) is 0 Å². The van der Waals surface area contributed by atoms with E-state index < -0.39 is 0 Å². The maximum atomic E-state index is 10.6. The Labute approximate surface area is 107 Å². The van der Waals surface area contributed by atoms with Gasteiger partial charge in [0.15, 0.2) is 0 Å². The molecular weight excluding hydrogens is 220 g/mol. The normalized spacial score (nSPS) is 9.25. The molecule has 2 nitrogen and oxygen atoms in total. The van der Waals surface area contributed by atoms with Crippen LogP contribution in [-0.2, 0) is 8.98 Å². The summed E-state index contributed by atoms with van der Waals surface area (Å²) < 4.78 is 4.25. The van der Waals surface area contributed by atoms with Crippen LogP contribution in [0.15, 0.2) is 0 Å². The third kappa shape index (κ3) is 19.4. The molecular formula is C13H28O2S. The number of hydrogen-bond donors (Lipinski definition) is 1. The quantitative estimate of drug-likeness (QED) is 0.374. The molecule has 0 rings (SSSR count). The molecule has 0 radical (unpaired) electrons. The summed E-state index contributed by atoms with van der Waals surface area (Å²) in [5, 5.41) is 0. The van der Waals surface area contributed by atoms with Crippen LogP contribution in [-0.4, -0.2) is 5.97 Å². The van der Waals surface area contributed by atoms with Gasteiger partial charge >= 0.3 is 5.97 Å². The molecule has 0 bridgehead atoms. The summed E-state index contributed by atoms with van der Waals surface area (Å²) >= 11 is 3.44. The summed E-state index contributed by atoms with van der Waals surface area (Å²) in [7, 11) is 0. The lowest BCUT2D eigenvalue weighted by molar-refractivity contribution is -0.132. The van der Waals surface area contributed by atoms with E-state index in [0.717, 1.165) is 12.8 Å². The monoisotopic (exact) mass is 248 g/mol. The van der Waals surface area contributed by atoms with Crippen LogP contribution in [0.3, 0.4) is 0 Å². The average Bonchev–Trinajstić information content (AvgIpc) is 2.28. The van der Waals surface area contributed by atoms with Gasteiger partial charge in [-0.2, -0.15) is 0 Å². The van der Waals surface area contributed by atoms with Crippen molar-refractivity contribution in [2.45, 2.75) is 78.6 Å². The van der Waals surface area contributed by atoms with Gasteiger partial charge in [-0.15, -0.1) is 0 Å². The molecule has 0 atom stereocenters. The molecule has 98 valence electrons. The lowest BCUT2D eigenvalue weighted by Gasteiger charge is -1.99. The average molecular weight is 248 g/mol. The molecule has 0 heterocycles. The van der Waals surface area contributed by atoms with E-state index in [-0.39, 0.29) is 5.97 Å². The number of carbonyl (C=O) groups excluding carboxylic acids is 1. The summed E-state index contributed by atoms with van der Waals surface area (Å²) in [4.78, 5) is 10.6. The highest BCUT2D eigenvalue weighted by Crippen LogP contribution is 2.08. The van der Waals surface area contributed by atoms with Crippen molar-refractivity contribution in [3.63, 3.8) is 0 Å². The highest BCUT2D eigenvalue weighted by atomic mass is 32.1. The molecule has 16 heavy (non-hydrogen) atoms. The Morgan fingerprint density at radius 1 is 0.938 bits per heavy atom. The van der Waals surface area contributed by atoms with Gasteiger partial charge in [-0.25, -0.2) is 0 Å². The number of hydrogen-bond acceptors (Lipinski definition) is 3. The summed E-state index contributed by atoms with van der Waals surface area (Å²) in [5.41, 5.74) is 0. The Morgan fingerprint density at radius 3 is 1.81 bits per heavy atom. The Hall–Kier alpha value is -0.180. The Bertz CT molecular complexity index is 138. The van der Waals surface area contributed by atoms with Crippen molar-refractivity contribution in [3.8, 4) is 0 Å². The van der Waals surface area contributed by atoms with Crippen molar-refractivity contribution >= 4 is 18.9 Å². The van der Waals surface area contributed by atoms with Crippen LogP contribution in [0.25, 0.3) is 0 Å². The summed E-state index contributed by atoms with van der Waals surface area (Å²) in [5.74, 6) is -0.211. The van der Waals surface area contributed by atoms with Crippen LogP contribution in [0.4, 0.5) is 0 Å². The van der Waals surface area contributed by atoms with Gasteiger partial charge in [0.2, 0.25) is 0 Å². The SMILES string of the molecule is CCC.CCCCCCCCCC(=O)OS. The van der Waals surface area contributed by atoms with Gasteiger partial charge in [0.05, 0.1) is 0 Å². The highest BCUT2D eigenvalue weighted by Gasteiger charge is 1.99. The summed E-state index contributed by atoms with van der Waals surface area (Å²) in [6.07, 6.45) is 10.3. The molecule has 0 aromatic heterocycles. The van der Waals surface area contributed by atoms with Crippen LogP contribution in [0.1, 0.15) is 78.6 Å². The van der Waals surface area contributed by atoms with Gasteiger partial charge in [-0.05, 0) is 6.42 Å². The zero-order valence-electron chi connectivity index (χ0n) is 11.1. The van der Waals surface area contributed by atoms with Crippen LogP contribution < -0.4 is 0 Å². The second-order valence-electron chi connectivity index (χ2n) is 4.04. The van der Waals surface area contributed by atoms with Gasteiger partial charge < -0.3 is 4.18 Å². The van der Waals surface area contributed by atoms with Crippen molar-refractivity contribution in [1.29, 1.82) is 0 Å². The first kappa shape index (κ1) is 18.2. The maximum absolute atomic E-state index is 10.6. The van der Waals surface area contributed by atoms with Crippen LogP contribution in [0.5, 0.6) is 0 Å². The fourth-order valence-electron chi connectivity index (χ4n) is 1.27. The third-order valence-electron chi connectivity index (χ3n) is 2.09. The first-order valence-electron chi connectivity index (χ1n) is 6.57. The molecule has 0 unspecified atom stereocenters. The lowest BCUT2D eigenvalue weighted by Crippen LogP contribution is -1.95. The maximum Gasteiger partial charge on any atom is 0.317 e. The van der Waals surface area contributed by atoms with Gasteiger partial charge in [0, 0.05) is 19.3 Å². The number of thiol groups is 1. The summed E-state index contributed by atoms with van der Waals surface area (Å²) in [6.45, 7) is 6.46. The molecule has 0 fully saturated rings. The predicted molar refractivity (Wildman–Crippen MR) is 73.7 cm³/mol. The van der Waals surface area contributed by atoms with Crippen LogP contribution in [0.2, 0.25) is 0 Å². The van der Waals surface area contributed by atoms with Gasteiger partial charge in [-0.3, -0.25) is 4.79 Å². The van der Waals surface area contributed by atoms with Crippen LogP contribution in [0, 0.1) is 0 Å². The van der Waals surface area contributed by atoms with E-state index in [4.69, 9.17) is 0 Å². The molecule has 0 N–H and O–H groups in total. The van der Waals surface area contributed by atoms with Crippen LogP contribution >= 0.6 is 12.9 Å². The molecule has 0 aliphatic rings. The smallest absolute Gasteiger partial charge is 0.317 e. The molecule has 3 heteroatoms. The minimum absolute atomic E-state index is 0.211. The Balaban J connectivity index is 0. The van der Waals surface area contributed by atoms with E-state index in [2.05, 4.69) is 37.9 Å². The summed E-state index contributed by atoms with van der Waals surface area (Å²) in [6, 6.07) is 0. The molecule has 0 aliphatic carbocycles. The standard InChI is InChI=1S/C10H20O2S.C3H8/c1-2-3-4-5-6-7-8-9-10(11)12-13;1-3-2/h13H,2-9H2,1H3;3H2,1-2H3. The van der Waals surface area contributed by atoms with E-state index in [9.17, 15) is 4.79 Å². The second-order valence-corrected chi connectivity index (χ2v) is 4.22. The molecule has 0 saturated carbocycles. The van der Waals surface area contributed by atoms with Gasteiger partial charge in [0.25, 0.3) is 0 Å². The lowest BCUT2D eigenvalue weighted by atomic mass is 10.1. The van der Waals surface area contributed by atoms with E-state index in [0.29, 0.717) is 6.42 Å². The molecule has 0 amide bonds. The number of unbranched alkanes of at least 4 members (excludes halogenated alkanes) is 6. The van der Waals surface area contributed by atoms with E-state index in [1.54, 1.807) is 0 Å². The topological polar surface area (TPSA) is 26.3 Å². The van der Waals surface area contributed by atoms with E-state index in [1.165, 1.54) is 38.5 Å². The fraction of sp³-hybridized carbons (Fsp3) is 0.923. The molecule has 0 aromatic rings. The zero-order chi connectivity index (χ0) is 12.6. The number of rotatable bonds is 8. The Kier molecular flexibility index (Phi) is 19.6. The number of carbonyl (C=O) groups is 1. The molecule has 0 aliphatic heterocycles. The van der Waals surface area contributed by atoms with E-state index >= 15 is 0 Å². The van der Waals surface area contributed by atoms with Crippen molar-refractivity contribution in [1.82, 2.24) is 0 Å².